The van der Waals surface area contributed by atoms with Crippen LogP contribution in [0.1, 0.15) is 45.4 Å². The van der Waals surface area contributed by atoms with Gasteiger partial charge in [0.05, 0.1) is 6.54 Å². The highest BCUT2D eigenvalue weighted by atomic mass is 16.1. The van der Waals surface area contributed by atoms with Crippen molar-refractivity contribution in [2.75, 3.05) is 0 Å². The van der Waals surface area contributed by atoms with Gasteiger partial charge in [-0.1, -0.05) is 43.7 Å². The molecule has 8 nitrogen and oxygen atoms in total. The smallest absolute Gasteiger partial charge is 0.294 e. The van der Waals surface area contributed by atoms with E-state index in [1.807, 2.05) is 39.6 Å². The number of nitrogens with zero attached hydrogens (tertiary/aromatic N) is 6. The molecule has 0 aliphatic rings. The lowest BCUT2D eigenvalue weighted by atomic mass is 10.0. The summed E-state index contributed by atoms with van der Waals surface area (Å²) in [4.78, 5) is 17.5. The predicted molar refractivity (Wildman–Crippen MR) is 120 cm³/mol. The molecule has 4 rings (SSSR count). The molecule has 8 heteroatoms. The highest BCUT2D eigenvalue weighted by Crippen LogP contribution is 2.28. The van der Waals surface area contributed by atoms with E-state index < -0.39 is 0 Å². The van der Waals surface area contributed by atoms with E-state index in [0.29, 0.717) is 18.1 Å². The van der Waals surface area contributed by atoms with Crippen LogP contribution in [0.5, 0.6) is 0 Å². The molecule has 0 saturated carbocycles. The lowest BCUT2D eigenvalue weighted by Gasteiger charge is -2.19. The third kappa shape index (κ3) is 4.19. The van der Waals surface area contributed by atoms with Crippen molar-refractivity contribution in [2.45, 2.75) is 52.6 Å². The number of rotatable bonds is 6. The average molecular weight is 418 g/mol. The molecule has 3 aromatic heterocycles. The van der Waals surface area contributed by atoms with E-state index in [0.717, 1.165) is 35.2 Å². The van der Waals surface area contributed by atoms with E-state index in [1.165, 1.54) is 0 Å². The van der Waals surface area contributed by atoms with E-state index in [1.54, 1.807) is 6.20 Å². The molecule has 0 radical (unpaired) electrons. The third-order valence-corrected chi connectivity index (χ3v) is 5.27. The second-order valence-corrected chi connectivity index (χ2v) is 8.63. The highest BCUT2D eigenvalue weighted by molar-refractivity contribution is 5.77. The fraction of sp³-hybridized carbons (Fsp3) is 0.348. The standard InChI is InChI=1S/C23H27N7O/c1-5-7-18-15-30(23(2,3)4)22(31)29(18)14-16-9-11-17(12-10-16)19-8-6-13-24-20(19)21-25-27-28-26-21/h6,8-13,15H,5,7,14H2,1-4H3,(H,25,26,27,28). The van der Waals surface area contributed by atoms with E-state index in [4.69, 9.17) is 0 Å². The fourth-order valence-electron chi connectivity index (χ4n) is 3.69. The molecule has 3 heterocycles. The van der Waals surface area contributed by atoms with Crippen LogP contribution in [0.15, 0.2) is 53.6 Å². The van der Waals surface area contributed by atoms with Gasteiger partial charge in [0.25, 0.3) is 0 Å². The van der Waals surface area contributed by atoms with Gasteiger partial charge in [-0.3, -0.25) is 14.1 Å². The molecule has 0 amide bonds. The molecule has 0 fully saturated rings. The Kier molecular flexibility index (Phi) is 5.54. The zero-order chi connectivity index (χ0) is 22.0. The fourth-order valence-corrected chi connectivity index (χ4v) is 3.69. The summed E-state index contributed by atoms with van der Waals surface area (Å²) in [6, 6.07) is 12.1. The van der Waals surface area contributed by atoms with Gasteiger partial charge in [0.2, 0.25) is 0 Å². The van der Waals surface area contributed by atoms with Crippen LogP contribution in [0.2, 0.25) is 0 Å². The zero-order valence-corrected chi connectivity index (χ0v) is 18.3. The van der Waals surface area contributed by atoms with Crippen LogP contribution < -0.4 is 5.69 Å². The van der Waals surface area contributed by atoms with Crippen molar-refractivity contribution in [3.8, 4) is 22.6 Å². The van der Waals surface area contributed by atoms with Gasteiger partial charge < -0.3 is 0 Å². The van der Waals surface area contributed by atoms with Crippen molar-refractivity contribution < 1.29 is 0 Å². The van der Waals surface area contributed by atoms with E-state index in [2.05, 4.69) is 65.4 Å². The number of H-pyrrole nitrogens is 1. The summed E-state index contributed by atoms with van der Waals surface area (Å²) in [7, 11) is 0. The van der Waals surface area contributed by atoms with E-state index >= 15 is 0 Å². The molecule has 0 aliphatic heterocycles. The molecule has 0 spiro atoms. The van der Waals surface area contributed by atoms with Crippen molar-refractivity contribution in [1.82, 2.24) is 34.7 Å². The van der Waals surface area contributed by atoms with Crippen molar-refractivity contribution in [2.24, 2.45) is 0 Å². The number of hydrogen-bond donors (Lipinski definition) is 1. The molecule has 1 N–H and O–H groups in total. The Morgan fingerprint density at radius 1 is 1.10 bits per heavy atom. The number of benzene rings is 1. The summed E-state index contributed by atoms with van der Waals surface area (Å²) in [5.74, 6) is 0.527. The first-order valence-electron chi connectivity index (χ1n) is 10.5. The van der Waals surface area contributed by atoms with Gasteiger partial charge in [-0.25, -0.2) is 9.89 Å². The number of imidazole rings is 1. The maximum atomic E-state index is 13.1. The maximum Gasteiger partial charge on any atom is 0.329 e. The molecule has 1 aromatic carbocycles. The Bertz CT molecular complexity index is 1210. The summed E-state index contributed by atoms with van der Waals surface area (Å²) in [6.45, 7) is 8.84. The minimum absolute atomic E-state index is 0.0346. The van der Waals surface area contributed by atoms with Crippen LogP contribution in [-0.4, -0.2) is 34.7 Å². The first kappa shape index (κ1) is 20.7. The van der Waals surface area contributed by atoms with Crippen molar-refractivity contribution >= 4 is 0 Å². The monoisotopic (exact) mass is 417 g/mol. The van der Waals surface area contributed by atoms with Gasteiger partial charge >= 0.3 is 5.69 Å². The van der Waals surface area contributed by atoms with Gasteiger partial charge in [-0.2, -0.15) is 0 Å². The van der Waals surface area contributed by atoms with Gasteiger partial charge in [-0.05, 0) is 54.8 Å². The Morgan fingerprint density at radius 2 is 1.87 bits per heavy atom. The number of nitrogens with one attached hydrogen (secondary N) is 1. The van der Waals surface area contributed by atoms with Gasteiger partial charge in [0.15, 0.2) is 5.82 Å². The molecule has 31 heavy (non-hydrogen) atoms. The van der Waals surface area contributed by atoms with Crippen LogP contribution >= 0.6 is 0 Å². The minimum Gasteiger partial charge on any atom is -0.294 e. The SMILES string of the molecule is CCCc1cn(C(C)(C)C)c(=O)n1Cc1ccc(-c2cccnc2-c2nnn[nH]2)cc1. The summed E-state index contributed by atoms with van der Waals surface area (Å²) in [5.41, 5.74) is 4.57. The Balaban J connectivity index is 1.66. The number of pyridine rings is 1. The van der Waals surface area contributed by atoms with Crippen LogP contribution in [-0.2, 0) is 18.5 Å². The largest absolute Gasteiger partial charge is 0.329 e. The lowest BCUT2D eigenvalue weighted by molar-refractivity contribution is 0.380. The molecule has 160 valence electrons. The minimum atomic E-state index is -0.249. The molecule has 0 saturated heterocycles. The summed E-state index contributed by atoms with van der Waals surface area (Å²) < 4.78 is 3.72. The van der Waals surface area contributed by atoms with E-state index in [9.17, 15) is 4.79 Å². The van der Waals surface area contributed by atoms with Gasteiger partial charge in [0.1, 0.15) is 5.69 Å². The topological polar surface area (TPSA) is 94.3 Å². The quantitative estimate of drug-likeness (QED) is 0.517. The number of tetrazole rings is 1. The Labute approximate surface area is 181 Å². The predicted octanol–water partition coefficient (Wildman–Crippen LogP) is 3.65. The van der Waals surface area contributed by atoms with Crippen LogP contribution in [0, 0.1) is 0 Å². The van der Waals surface area contributed by atoms with Crippen LogP contribution in [0.4, 0.5) is 0 Å². The molecule has 0 atom stereocenters. The zero-order valence-electron chi connectivity index (χ0n) is 18.3. The summed E-state index contributed by atoms with van der Waals surface area (Å²) in [6.07, 6.45) is 5.60. The normalized spacial score (nSPS) is 11.7. The van der Waals surface area contributed by atoms with Crippen LogP contribution in [0.25, 0.3) is 22.6 Å². The third-order valence-electron chi connectivity index (χ3n) is 5.27. The second-order valence-electron chi connectivity index (χ2n) is 8.63. The van der Waals surface area contributed by atoms with Crippen molar-refractivity contribution in [3.63, 3.8) is 0 Å². The number of aryl methyl sites for hydroxylation is 1. The second kappa shape index (κ2) is 8.29. The molecule has 0 unspecified atom stereocenters. The Hall–Kier alpha value is -3.55. The van der Waals surface area contributed by atoms with Crippen molar-refractivity contribution in [1.29, 1.82) is 0 Å². The Morgan fingerprint density at radius 3 is 2.52 bits per heavy atom. The number of hydrogen-bond acceptors (Lipinski definition) is 5. The van der Waals surface area contributed by atoms with E-state index in [-0.39, 0.29) is 11.2 Å². The van der Waals surface area contributed by atoms with Gasteiger partial charge in [-0.15, -0.1) is 5.10 Å². The van der Waals surface area contributed by atoms with Gasteiger partial charge in [0, 0.05) is 29.2 Å². The van der Waals surface area contributed by atoms with Crippen LogP contribution in [0.3, 0.4) is 0 Å². The number of aromatic amines is 1. The first-order valence-corrected chi connectivity index (χ1v) is 10.5. The van der Waals surface area contributed by atoms with Crippen molar-refractivity contribution in [3.05, 3.63) is 70.5 Å². The average Bonchev–Trinajstić information content (AvgIpc) is 3.39. The first-order chi connectivity index (χ1) is 14.9. The molecule has 4 aromatic rings. The molecular formula is C23H27N7O. The lowest BCUT2D eigenvalue weighted by Crippen LogP contribution is -2.34. The molecule has 0 bridgehead atoms. The summed E-state index contributed by atoms with van der Waals surface area (Å²) in [5, 5.41) is 14.1. The molecular weight excluding hydrogens is 390 g/mol. The number of aromatic nitrogens is 7. The molecule has 0 aliphatic carbocycles. The highest BCUT2D eigenvalue weighted by Gasteiger charge is 2.20. The summed E-state index contributed by atoms with van der Waals surface area (Å²) >= 11 is 0. The maximum absolute atomic E-state index is 13.1.